The summed E-state index contributed by atoms with van der Waals surface area (Å²) < 4.78 is 5.10. The van der Waals surface area contributed by atoms with Crippen LogP contribution in [0.3, 0.4) is 0 Å². The van der Waals surface area contributed by atoms with Gasteiger partial charge in [0.15, 0.2) is 0 Å². The van der Waals surface area contributed by atoms with Crippen molar-refractivity contribution in [2.75, 3.05) is 33.4 Å². The number of ether oxygens (including phenoxy) is 1. The predicted molar refractivity (Wildman–Crippen MR) is 72.1 cm³/mol. The molecule has 104 valence electrons. The monoisotopic (exact) mass is 246 g/mol. The van der Waals surface area contributed by atoms with Gasteiger partial charge in [-0.2, -0.15) is 0 Å². The number of nitrogens with zero attached hydrogens (tertiary/aromatic N) is 1. The Labute approximate surface area is 106 Å². The quantitative estimate of drug-likeness (QED) is 0.608. The number of methoxy groups -OCH3 is 1. The van der Waals surface area contributed by atoms with E-state index in [1.807, 2.05) is 6.92 Å². The summed E-state index contributed by atoms with van der Waals surface area (Å²) in [5.74, 6) is 0. The summed E-state index contributed by atoms with van der Waals surface area (Å²) in [5, 5.41) is 10.1. The van der Waals surface area contributed by atoms with E-state index in [9.17, 15) is 5.11 Å². The Morgan fingerprint density at radius 2 is 2.00 bits per heavy atom. The molecule has 0 aromatic carbocycles. The third kappa shape index (κ3) is 6.99. The number of nitrogens with two attached hydrogens (primary N) is 1. The molecular weight excluding hydrogens is 216 g/mol. The van der Waals surface area contributed by atoms with Crippen LogP contribution in [0.25, 0.3) is 0 Å². The molecule has 1 unspecified atom stereocenters. The van der Waals surface area contributed by atoms with E-state index in [4.69, 9.17) is 10.5 Å². The number of aliphatic hydroxyl groups is 1. The second-order valence-corrected chi connectivity index (χ2v) is 5.01. The normalized spacial score (nSPS) is 15.5. The van der Waals surface area contributed by atoms with Gasteiger partial charge in [0.1, 0.15) is 0 Å². The lowest BCUT2D eigenvalue weighted by atomic mass is 9.94. The summed E-state index contributed by atoms with van der Waals surface area (Å²) in [6.07, 6.45) is 2.48. The van der Waals surface area contributed by atoms with Crippen LogP contribution in [0, 0.1) is 0 Å². The van der Waals surface area contributed by atoms with Crippen LogP contribution < -0.4 is 5.73 Å². The Balaban J connectivity index is 3.96. The Bertz CT molecular complexity index is 182. The van der Waals surface area contributed by atoms with Gasteiger partial charge in [-0.25, -0.2) is 0 Å². The van der Waals surface area contributed by atoms with Gasteiger partial charge in [0.2, 0.25) is 0 Å². The smallest absolute Gasteiger partial charge is 0.0767 e. The molecular formula is C13H30N2O2. The van der Waals surface area contributed by atoms with Crippen LogP contribution in [0.4, 0.5) is 0 Å². The second kappa shape index (κ2) is 8.86. The maximum atomic E-state index is 10.1. The van der Waals surface area contributed by atoms with Crippen molar-refractivity contribution < 1.29 is 9.84 Å². The first kappa shape index (κ1) is 16.8. The van der Waals surface area contributed by atoms with Gasteiger partial charge in [-0.3, -0.25) is 4.90 Å². The molecule has 0 aromatic rings. The summed E-state index contributed by atoms with van der Waals surface area (Å²) in [7, 11) is 1.72. The van der Waals surface area contributed by atoms with Crippen molar-refractivity contribution in [3.8, 4) is 0 Å². The molecule has 4 heteroatoms. The molecule has 0 saturated carbocycles. The van der Waals surface area contributed by atoms with Crippen LogP contribution in [0.2, 0.25) is 0 Å². The Morgan fingerprint density at radius 3 is 2.41 bits per heavy atom. The summed E-state index contributed by atoms with van der Waals surface area (Å²) in [6, 6.07) is 0.512. The molecule has 3 N–H and O–H groups in total. The summed E-state index contributed by atoms with van der Waals surface area (Å²) >= 11 is 0. The zero-order chi connectivity index (χ0) is 13.3. The van der Waals surface area contributed by atoms with Crippen molar-refractivity contribution in [3.63, 3.8) is 0 Å². The molecule has 0 fully saturated rings. The molecule has 17 heavy (non-hydrogen) atoms. The van der Waals surface area contributed by atoms with Crippen LogP contribution in [-0.4, -0.2) is 55.0 Å². The summed E-state index contributed by atoms with van der Waals surface area (Å²) in [4.78, 5) is 2.37. The molecule has 0 rings (SSSR count). The average molecular weight is 246 g/mol. The Kier molecular flexibility index (Phi) is 8.78. The van der Waals surface area contributed by atoms with Crippen molar-refractivity contribution in [1.29, 1.82) is 0 Å². The highest BCUT2D eigenvalue weighted by atomic mass is 16.5. The lowest BCUT2D eigenvalue weighted by Crippen LogP contribution is -2.39. The molecule has 1 atom stereocenters. The fraction of sp³-hybridized carbons (Fsp3) is 1.00. The average Bonchev–Trinajstić information content (AvgIpc) is 2.32. The van der Waals surface area contributed by atoms with E-state index >= 15 is 0 Å². The highest BCUT2D eigenvalue weighted by molar-refractivity contribution is 4.78. The number of hydrogen-bond acceptors (Lipinski definition) is 4. The Hall–Kier alpha value is -0.160. The lowest BCUT2D eigenvalue weighted by Gasteiger charge is -2.29. The van der Waals surface area contributed by atoms with Crippen molar-refractivity contribution in [3.05, 3.63) is 0 Å². The van der Waals surface area contributed by atoms with E-state index in [-0.39, 0.29) is 0 Å². The number of rotatable bonds is 10. The molecule has 0 spiro atoms. The van der Waals surface area contributed by atoms with Crippen molar-refractivity contribution in [2.24, 2.45) is 5.73 Å². The van der Waals surface area contributed by atoms with Gasteiger partial charge in [0.25, 0.3) is 0 Å². The minimum absolute atomic E-state index is 0.350. The zero-order valence-corrected chi connectivity index (χ0v) is 11.9. The zero-order valence-electron chi connectivity index (χ0n) is 11.9. The van der Waals surface area contributed by atoms with Crippen molar-refractivity contribution in [1.82, 2.24) is 4.90 Å². The van der Waals surface area contributed by atoms with Gasteiger partial charge >= 0.3 is 0 Å². The predicted octanol–water partition coefficient (Wildman–Crippen LogP) is 1.22. The molecule has 0 aliphatic heterocycles. The van der Waals surface area contributed by atoms with E-state index in [1.165, 1.54) is 0 Å². The maximum Gasteiger partial charge on any atom is 0.0767 e. The molecule has 0 saturated heterocycles. The van der Waals surface area contributed by atoms with E-state index < -0.39 is 5.60 Å². The fourth-order valence-corrected chi connectivity index (χ4v) is 1.87. The molecule has 0 aromatic heterocycles. The van der Waals surface area contributed by atoms with Gasteiger partial charge in [0, 0.05) is 26.2 Å². The summed E-state index contributed by atoms with van der Waals surface area (Å²) in [5.41, 5.74) is 4.91. The second-order valence-electron chi connectivity index (χ2n) is 5.01. The molecule has 0 aliphatic rings. The topological polar surface area (TPSA) is 58.7 Å². The van der Waals surface area contributed by atoms with Crippen LogP contribution >= 0.6 is 0 Å². The maximum absolute atomic E-state index is 10.1. The van der Waals surface area contributed by atoms with Crippen molar-refractivity contribution in [2.45, 2.75) is 51.7 Å². The van der Waals surface area contributed by atoms with Crippen LogP contribution in [0.1, 0.15) is 40.0 Å². The molecule has 4 nitrogen and oxygen atoms in total. The minimum Gasteiger partial charge on any atom is -0.389 e. The highest BCUT2D eigenvalue weighted by Gasteiger charge is 2.22. The molecule has 0 aliphatic carbocycles. The van der Waals surface area contributed by atoms with E-state index in [1.54, 1.807) is 7.11 Å². The standard InChI is InChI=1S/C13H30N2O2/c1-5-13(16,11-14)7-6-8-15(12(2)3)9-10-17-4/h12,16H,5-11,14H2,1-4H3. The summed E-state index contributed by atoms with van der Waals surface area (Å²) in [6.45, 7) is 9.40. The third-order valence-corrected chi connectivity index (χ3v) is 3.44. The van der Waals surface area contributed by atoms with Gasteiger partial charge in [-0.05, 0) is 39.7 Å². The first-order valence-electron chi connectivity index (χ1n) is 6.64. The molecule has 0 bridgehead atoms. The first-order valence-corrected chi connectivity index (χ1v) is 6.64. The molecule has 0 radical (unpaired) electrons. The van der Waals surface area contributed by atoms with E-state index in [2.05, 4.69) is 18.7 Å². The van der Waals surface area contributed by atoms with Gasteiger partial charge in [-0.15, -0.1) is 0 Å². The lowest BCUT2D eigenvalue weighted by molar-refractivity contribution is 0.0294. The first-order chi connectivity index (χ1) is 7.99. The van der Waals surface area contributed by atoms with Gasteiger partial charge in [0.05, 0.1) is 12.2 Å². The van der Waals surface area contributed by atoms with E-state index in [0.717, 1.165) is 39.0 Å². The van der Waals surface area contributed by atoms with Crippen LogP contribution in [0.15, 0.2) is 0 Å². The minimum atomic E-state index is -0.677. The molecule has 0 heterocycles. The largest absolute Gasteiger partial charge is 0.389 e. The number of hydrogen-bond donors (Lipinski definition) is 2. The van der Waals surface area contributed by atoms with Crippen LogP contribution in [0.5, 0.6) is 0 Å². The van der Waals surface area contributed by atoms with E-state index in [0.29, 0.717) is 12.6 Å². The fourth-order valence-electron chi connectivity index (χ4n) is 1.87. The highest BCUT2D eigenvalue weighted by Crippen LogP contribution is 2.16. The third-order valence-electron chi connectivity index (χ3n) is 3.44. The Morgan fingerprint density at radius 1 is 1.35 bits per heavy atom. The van der Waals surface area contributed by atoms with Crippen molar-refractivity contribution >= 4 is 0 Å². The van der Waals surface area contributed by atoms with Gasteiger partial charge < -0.3 is 15.6 Å². The molecule has 0 amide bonds. The van der Waals surface area contributed by atoms with Gasteiger partial charge in [-0.1, -0.05) is 6.92 Å². The SMILES string of the molecule is CCC(O)(CN)CCCN(CCOC)C(C)C. The van der Waals surface area contributed by atoms with Crippen LogP contribution in [-0.2, 0) is 4.74 Å².